The van der Waals surface area contributed by atoms with Gasteiger partial charge in [0.2, 0.25) is 0 Å². The third kappa shape index (κ3) is 2.42. The molecule has 102 valence electrons. The summed E-state index contributed by atoms with van der Waals surface area (Å²) in [6.07, 6.45) is 8.76. The van der Waals surface area contributed by atoms with Gasteiger partial charge < -0.3 is 15.0 Å². The van der Waals surface area contributed by atoms with Gasteiger partial charge in [0.05, 0.1) is 17.4 Å². The Balaban J connectivity index is 1.78. The fourth-order valence-electron chi connectivity index (χ4n) is 2.83. The Kier molecular flexibility index (Phi) is 3.14. The molecule has 19 heavy (non-hydrogen) atoms. The molecule has 0 atom stereocenters. The summed E-state index contributed by atoms with van der Waals surface area (Å²) in [6.45, 7) is 0.551. The number of hydrogen-bond acceptors (Lipinski definition) is 4. The lowest BCUT2D eigenvalue weighted by Crippen LogP contribution is -2.38. The summed E-state index contributed by atoms with van der Waals surface area (Å²) >= 11 is 0. The highest BCUT2D eigenvalue weighted by molar-refractivity contribution is 5.85. The minimum Gasteiger partial charge on any atom is -0.388 e. The summed E-state index contributed by atoms with van der Waals surface area (Å²) < 4.78 is 1.97. The molecule has 5 heteroatoms. The van der Waals surface area contributed by atoms with Crippen LogP contribution in [0.25, 0.3) is 11.0 Å². The molecule has 0 saturated heterocycles. The number of pyridine rings is 1. The fourth-order valence-corrected chi connectivity index (χ4v) is 2.83. The monoisotopic (exact) mass is 260 g/mol. The second-order valence-electron chi connectivity index (χ2n) is 5.52. The second kappa shape index (κ2) is 4.81. The number of nitrogens with zero attached hydrogens (tertiary/aromatic N) is 3. The van der Waals surface area contributed by atoms with E-state index >= 15 is 0 Å². The van der Waals surface area contributed by atoms with Crippen LogP contribution in [0, 0.1) is 0 Å². The van der Waals surface area contributed by atoms with Crippen LogP contribution in [0.5, 0.6) is 0 Å². The minimum atomic E-state index is -0.586. The summed E-state index contributed by atoms with van der Waals surface area (Å²) in [6, 6.07) is 1.95. The molecule has 0 radical (unpaired) electrons. The van der Waals surface area contributed by atoms with E-state index in [1.54, 1.807) is 12.5 Å². The minimum absolute atomic E-state index is 0.551. The van der Waals surface area contributed by atoms with E-state index < -0.39 is 5.60 Å². The first-order valence-corrected chi connectivity index (χ1v) is 6.90. The highest BCUT2D eigenvalue weighted by Crippen LogP contribution is 2.28. The maximum Gasteiger partial charge on any atom is 0.154 e. The molecule has 0 aromatic carbocycles. The third-order valence-corrected chi connectivity index (χ3v) is 4.01. The molecule has 0 bridgehead atoms. The van der Waals surface area contributed by atoms with Crippen LogP contribution in [0.2, 0.25) is 0 Å². The summed E-state index contributed by atoms with van der Waals surface area (Å²) in [5, 5.41) is 13.8. The zero-order valence-corrected chi connectivity index (χ0v) is 11.3. The van der Waals surface area contributed by atoms with Crippen LogP contribution in [0.1, 0.15) is 32.1 Å². The first-order chi connectivity index (χ1) is 9.18. The number of aliphatic hydroxyl groups is 1. The molecule has 1 saturated carbocycles. The SMILES string of the molecule is Cn1cnc2c(NCC3(O)CCCCC3)nccc21. The Morgan fingerprint density at radius 2 is 2.11 bits per heavy atom. The van der Waals surface area contributed by atoms with E-state index in [0.717, 1.165) is 42.5 Å². The van der Waals surface area contributed by atoms with E-state index in [2.05, 4.69) is 15.3 Å². The van der Waals surface area contributed by atoms with Crippen molar-refractivity contribution in [1.29, 1.82) is 0 Å². The lowest BCUT2D eigenvalue weighted by molar-refractivity contribution is 0.0167. The van der Waals surface area contributed by atoms with Gasteiger partial charge in [-0.3, -0.25) is 0 Å². The Morgan fingerprint density at radius 3 is 2.89 bits per heavy atom. The molecule has 2 N–H and O–H groups in total. The lowest BCUT2D eigenvalue weighted by atomic mass is 9.85. The lowest BCUT2D eigenvalue weighted by Gasteiger charge is -2.32. The van der Waals surface area contributed by atoms with E-state index in [4.69, 9.17) is 0 Å². The molecule has 5 nitrogen and oxygen atoms in total. The Labute approximate surface area is 112 Å². The maximum absolute atomic E-state index is 10.5. The van der Waals surface area contributed by atoms with E-state index in [1.807, 2.05) is 17.7 Å². The van der Waals surface area contributed by atoms with Crippen LogP contribution in [0.4, 0.5) is 5.82 Å². The van der Waals surface area contributed by atoms with Crippen molar-refractivity contribution in [3.05, 3.63) is 18.6 Å². The van der Waals surface area contributed by atoms with Crippen molar-refractivity contribution in [1.82, 2.24) is 14.5 Å². The fraction of sp³-hybridized carbons (Fsp3) is 0.571. The molecule has 1 aliphatic carbocycles. The number of anilines is 1. The van der Waals surface area contributed by atoms with Gasteiger partial charge in [0, 0.05) is 19.8 Å². The third-order valence-electron chi connectivity index (χ3n) is 4.01. The standard InChI is InChI=1S/C14H20N4O/c1-18-10-17-12-11(18)5-8-15-13(12)16-9-14(19)6-3-2-4-7-14/h5,8,10,19H,2-4,6-7,9H2,1H3,(H,15,16). The summed E-state index contributed by atoms with van der Waals surface area (Å²) in [7, 11) is 1.97. The van der Waals surface area contributed by atoms with E-state index in [-0.39, 0.29) is 0 Å². The number of imidazole rings is 1. The number of hydrogen-bond donors (Lipinski definition) is 2. The van der Waals surface area contributed by atoms with Crippen molar-refractivity contribution in [2.24, 2.45) is 7.05 Å². The summed E-state index contributed by atoms with van der Waals surface area (Å²) in [5.74, 6) is 0.761. The molecule has 0 aliphatic heterocycles. The Morgan fingerprint density at radius 1 is 1.32 bits per heavy atom. The number of rotatable bonds is 3. The second-order valence-corrected chi connectivity index (χ2v) is 5.52. The predicted octanol–water partition coefficient (Wildman–Crippen LogP) is 2.08. The maximum atomic E-state index is 10.5. The Hall–Kier alpha value is -1.62. The molecular formula is C14H20N4O. The largest absolute Gasteiger partial charge is 0.388 e. The number of aromatic nitrogens is 3. The molecule has 0 amide bonds. The van der Waals surface area contributed by atoms with Crippen molar-refractivity contribution in [2.45, 2.75) is 37.7 Å². The molecule has 2 aromatic rings. The van der Waals surface area contributed by atoms with Crippen molar-refractivity contribution in [2.75, 3.05) is 11.9 Å². The van der Waals surface area contributed by atoms with Crippen LogP contribution in [0.3, 0.4) is 0 Å². The van der Waals surface area contributed by atoms with Gasteiger partial charge in [0.1, 0.15) is 5.52 Å². The number of fused-ring (bicyclic) bond motifs is 1. The molecule has 1 aliphatic rings. The topological polar surface area (TPSA) is 63.0 Å². The van der Waals surface area contributed by atoms with Crippen molar-refractivity contribution in [3.8, 4) is 0 Å². The molecule has 0 unspecified atom stereocenters. The zero-order valence-electron chi connectivity index (χ0n) is 11.3. The molecule has 2 heterocycles. The van der Waals surface area contributed by atoms with Gasteiger partial charge in [-0.15, -0.1) is 0 Å². The summed E-state index contributed by atoms with van der Waals surface area (Å²) in [5.41, 5.74) is 1.33. The van der Waals surface area contributed by atoms with Gasteiger partial charge in [-0.05, 0) is 18.9 Å². The van der Waals surface area contributed by atoms with Gasteiger partial charge in [-0.25, -0.2) is 9.97 Å². The summed E-state index contributed by atoms with van der Waals surface area (Å²) in [4.78, 5) is 8.70. The first-order valence-electron chi connectivity index (χ1n) is 6.90. The molecule has 2 aromatic heterocycles. The first kappa shape index (κ1) is 12.4. The Bertz CT molecular complexity index is 572. The molecule has 3 rings (SSSR count). The average molecular weight is 260 g/mol. The van der Waals surface area contributed by atoms with Crippen molar-refractivity contribution in [3.63, 3.8) is 0 Å². The van der Waals surface area contributed by atoms with Crippen molar-refractivity contribution < 1.29 is 5.11 Å². The van der Waals surface area contributed by atoms with Gasteiger partial charge in [-0.2, -0.15) is 0 Å². The highest BCUT2D eigenvalue weighted by atomic mass is 16.3. The predicted molar refractivity (Wildman–Crippen MR) is 75.0 cm³/mol. The number of aryl methyl sites for hydroxylation is 1. The van der Waals surface area contributed by atoms with E-state index in [0.29, 0.717) is 6.54 Å². The molecule has 0 spiro atoms. The van der Waals surface area contributed by atoms with E-state index in [1.165, 1.54) is 6.42 Å². The van der Waals surface area contributed by atoms with E-state index in [9.17, 15) is 5.11 Å². The van der Waals surface area contributed by atoms with Gasteiger partial charge in [-0.1, -0.05) is 19.3 Å². The van der Waals surface area contributed by atoms with Crippen LogP contribution >= 0.6 is 0 Å². The van der Waals surface area contributed by atoms with Crippen molar-refractivity contribution >= 4 is 16.9 Å². The van der Waals surface area contributed by atoms with Crippen LogP contribution in [0.15, 0.2) is 18.6 Å². The zero-order chi connectivity index (χ0) is 13.3. The highest BCUT2D eigenvalue weighted by Gasteiger charge is 2.29. The quantitative estimate of drug-likeness (QED) is 0.887. The number of nitrogens with one attached hydrogen (secondary N) is 1. The van der Waals surface area contributed by atoms with Crippen LogP contribution < -0.4 is 5.32 Å². The average Bonchev–Trinajstić information content (AvgIpc) is 2.80. The van der Waals surface area contributed by atoms with Gasteiger partial charge in [0.15, 0.2) is 5.82 Å². The van der Waals surface area contributed by atoms with Crippen LogP contribution in [-0.4, -0.2) is 31.8 Å². The smallest absolute Gasteiger partial charge is 0.154 e. The van der Waals surface area contributed by atoms with Crippen LogP contribution in [-0.2, 0) is 7.05 Å². The van der Waals surface area contributed by atoms with Gasteiger partial charge >= 0.3 is 0 Å². The molecule has 1 fully saturated rings. The van der Waals surface area contributed by atoms with Gasteiger partial charge in [0.25, 0.3) is 0 Å². The molecular weight excluding hydrogens is 240 g/mol. The normalized spacial score (nSPS) is 18.6.